The molecule has 0 saturated carbocycles. The third-order valence-corrected chi connectivity index (χ3v) is 3.92. The first-order valence-electron chi connectivity index (χ1n) is 8.10. The van der Waals surface area contributed by atoms with Gasteiger partial charge in [-0.25, -0.2) is 9.59 Å². The Morgan fingerprint density at radius 1 is 1.12 bits per heavy atom. The van der Waals surface area contributed by atoms with Gasteiger partial charge in [0, 0.05) is 6.42 Å². The summed E-state index contributed by atoms with van der Waals surface area (Å²) < 4.78 is 10.5. The fraction of sp³-hybridized carbons (Fsp3) is 0.200. The van der Waals surface area contributed by atoms with Crippen LogP contribution >= 0.6 is 0 Å². The van der Waals surface area contributed by atoms with Crippen molar-refractivity contribution in [3.63, 3.8) is 0 Å². The van der Waals surface area contributed by atoms with Gasteiger partial charge in [0.05, 0.1) is 23.1 Å². The van der Waals surface area contributed by atoms with Crippen LogP contribution in [0.5, 0.6) is 5.75 Å². The smallest absolute Gasteiger partial charge is 0.343 e. The zero-order valence-corrected chi connectivity index (χ0v) is 13.8. The number of carbonyl (C=O) groups excluding carboxylic acids is 1. The van der Waals surface area contributed by atoms with E-state index in [1.54, 1.807) is 48.5 Å². The normalized spacial score (nSPS) is 10.8. The lowest BCUT2D eigenvalue weighted by molar-refractivity contribution is 0.0504. The third kappa shape index (κ3) is 3.40. The van der Waals surface area contributed by atoms with Gasteiger partial charge in [-0.3, -0.25) is 0 Å². The first kappa shape index (κ1) is 16.8. The molecule has 0 radical (unpaired) electrons. The highest BCUT2D eigenvalue weighted by atomic mass is 16.5. The number of fused-ring (bicyclic) bond motifs is 1. The van der Waals surface area contributed by atoms with Gasteiger partial charge in [0.2, 0.25) is 0 Å². The molecular formula is C20H18O5. The predicted octanol–water partition coefficient (Wildman–Crippen LogP) is 3.66. The molecule has 0 fully saturated rings. The second kappa shape index (κ2) is 7.21. The molecule has 1 N–H and O–H groups in total. The van der Waals surface area contributed by atoms with E-state index < -0.39 is 11.6 Å². The van der Waals surface area contributed by atoms with E-state index in [2.05, 4.69) is 0 Å². The fourth-order valence-corrected chi connectivity index (χ4v) is 2.66. The minimum Gasteiger partial charge on any atom is -0.507 e. The maximum atomic E-state index is 12.3. The SMILES string of the molecule is CCCOC(=O)c1ccccc1Cc1c(O)c2ccccc2oc1=O. The van der Waals surface area contributed by atoms with Gasteiger partial charge in [0.15, 0.2) is 0 Å². The van der Waals surface area contributed by atoms with Crippen molar-refractivity contribution >= 4 is 16.9 Å². The molecule has 5 heteroatoms. The van der Waals surface area contributed by atoms with Crippen molar-refractivity contribution in [3.05, 3.63) is 75.6 Å². The highest BCUT2D eigenvalue weighted by Gasteiger charge is 2.18. The Hall–Kier alpha value is -3.08. The summed E-state index contributed by atoms with van der Waals surface area (Å²) in [4.78, 5) is 24.5. The molecule has 0 aliphatic carbocycles. The van der Waals surface area contributed by atoms with Crippen LogP contribution in [0.25, 0.3) is 11.0 Å². The summed E-state index contributed by atoms with van der Waals surface area (Å²) in [5, 5.41) is 10.9. The number of rotatable bonds is 5. The van der Waals surface area contributed by atoms with E-state index in [0.29, 0.717) is 28.7 Å². The third-order valence-electron chi connectivity index (χ3n) is 3.92. The summed E-state index contributed by atoms with van der Waals surface area (Å²) in [6, 6.07) is 13.7. The molecule has 5 nitrogen and oxygen atoms in total. The molecule has 3 rings (SSSR count). The van der Waals surface area contributed by atoms with Crippen LogP contribution in [0.15, 0.2) is 57.7 Å². The number of esters is 1. The zero-order valence-electron chi connectivity index (χ0n) is 13.8. The molecule has 0 unspecified atom stereocenters. The summed E-state index contributed by atoms with van der Waals surface area (Å²) >= 11 is 0. The number of ether oxygens (including phenoxy) is 1. The molecule has 0 aliphatic heterocycles. The van der Waals surface area contributed by atoms with Crippen molar-refractivity contribution in [1.82, 2.24) is 0 Å². The number of hydrogen-bond donors (Lipinski definition) is 1. The molecule has 1 heterocycles. The maximum Gasteiger partial charge on any atom is 0.343 e. The van der Waals surface area contributed by atoms with E-state index in [0.717, 1.165) is 6.42 Å². The van der Waals surface area contributed by atoms with E-state index in [-0.39, 0.29) is 17.7 Å². The first-order chi connectivity index (χ1) is 12.1. The Morgan fingerprint density at radius 2 is 1.84 bits per heavy atom. The Bertz CT molecular complexity index is 971. The largest absolute Gasteiger partial charge is 0.507 e. The lowest BCUT2D eigenvalue weighted by atomic mass is 9.99. The zero-order chi connectivity index (χ0) is 17.8. The van der Waals surface area contributed by atoms with Crippen LogP contribution in [0.1, 0.15) is 34.8 Å². The van der Waals surface area contributed by atoms with Gasteiger partial charge in [0.25, 0.3) is 0 Å². The lowest BCUT2D eigenvalue weighted by Gasteiger charge is -2.10. The number of para-hydroxylation sites is 1. The van der Waals surface area contributed by atoms with Crippen molar-refractivity contribution in [2.45, 2.75) is 19.8 Å². The fourth-order valence-electron chi connectivity index (χ4n) is 2.66. The molecule has 0 atom stereocenters. The molecule has 0 saturated heterocycles. The van der Waals surface area contributed by atoms with Crippen LogP contribution in [0, 0.1) is 0 Å². The summed E-state index contributed by atoms with van der Waals surface area (Å²) in [5.74, 6) is -0.564. The van der Waals surface area contributed by atoms with Crippen molar-refractivity contribution in [2.75, 3.05) is 6.61 Å². The average Bonchev–Trinajstić information content (AvgIpc) is 2.63. The number of carbonyl (C=O) groups is 1. The minimum atomic E-state index is -0.618. The van der Waals surface area contributed by atoms with E-state index >= 15 is 0 Å². The van der Waals surface area contributed by atoms with Crippen molar-refractivity contribution in [2.24, 2.45) is 0 Å². The molecule has 128 valence electrons. The molecule has 0 spiro atoms. The number of aromatic hydroxyl groups is 1. The van der Waals surface area contributed by atoms with Crippen molar-refractivity contribution in [1.29, 1.82) is 0 Å². The Kier molecular flexibility index (Phi) is 4.84. The summed E-state index contributed by atoms with van der Waals surface area (Å²) in [7, 11) is 0. The monoisotopic (exact) mass is 338 g/mol. The molecule has 0 aliphatic rings. The van der Waals surface area contributed by atoms with E-state index in [4.69, 9.17) is 9.15 Å². The Morgan fingerprint density at radius 3 is 2.64 bits per heavy atom. The molecule has 0 amide bonds. The van der Waals surface area contributed by atoms with E-state index in [1.807, 2.05) is 6.92 Å². The van der Waals surface area contributed by atoms with Gasteiger partial charge in [-0.1, -0.05) is 37.3 Å². The number of benzene rings is 2. The molecule has 1 aromatic heterocycles. The molecule has 0 bridgehead atoms. The van der Waals surface area contributed by atoms with Gasteiger partial charge in [0.1, 0.15) is 11.3 Å². The topological polar surface area (TPSA) is 76.7 Å². The standard InChI is InChI=1S/C20H18O5/c1-2-11-24-19(22)14-8-4-3-7-13(14)12-16-18(21)15-9-5-6-10-17(15)25-20(16)23/h3-10,21H,2,11-12H2,1H3. The van der Waals surface area contributed by atoms with Gasteiger partial charge < -0.3 is 14.3 Å². The quantitative estimate of drug-likeness (QED) is 0.567. The van der Waals surface area contributed by atoms with Crippen LogP contribution in [-0.2, 0) is 11.2 Å². The van der Waals surface area contributed by atoms with Crippen LogP contribution in [0.2, 0.25) is 0 Å². The molecular weight excluding hydrogens is 320 g/mol. The van der Waals surface area contributed by atoms with Crippen LogP contribution in [-0.4, -0.2) is 17.7 Å². The van der Waals surface area contributed by atoms with Gasteiger partial charge in [-0.15, -0.1) is 0 Å². The van der Waals surface area contributed by atoms with Crippen LogP contribution in [0.3, 0.4) is 0 Å². The van der Waals surface area contributed by atoms with Crippen LogP contribution in [0.4, 0.5) is 0 Å². The van der Waals surface area contributed by atoms with E-state index in [9.17, 15) is 14.7 Å². The Labute approximate surface area is 144 Å². The molecule has 25 heavy (non-hydrogen) atoms. The predicted molar refractivity (Wildman–Crippen MR) is 94.0 cm³/mol. The Balaban J connectivity index is 2.03. The van der Waals surface area contributed by atoms with Gasteiger partial charge >= 0.3 is 11.6 Å². The highest BCUT2D eigenvalue weighted by Crippen LogP contribution is 2.28. The highest BCUT2D eigenvalue weighted by molar-refractivity contribution is 5.91. The van der Waals surface area contributed by atoms with Crippen molar-refractivity contribution in [3.8, 4) is 5.75 Å². The summed E-state index contributed by atoms with van der Waals surface area (Å²) in [5.41, 5.74) is 0.802. The average molecular weight is 338 g/mol. The van der Waals surface area contributed by atoms with E-state index in [1.165, 1.54) is 0 Å². The van der Waals surface area contributed by atoms with Crippen LogP contribution < -0.4 is 5.63 Å². The lowest BCUT2D eigenvalue weighted by Crippen LogP contribution is -2.13. The second-order valence-electron chi connectivity index (χ2n) is 5.68. The minimum absolute atomic E-state index is 0.0798. The van der Waals surface area contributed by atoms with Gasteiger partial charge in [-0.05, 0) is 30.2 Å². The number of hydrogen-bond acceptors (Lipinski definition) is 5. The maximum absolute atomic E-state index is 12.3. The summed E-state index contributed by atoms with van der Waals surface area (Å²) in [6.45, 7) is 2.24. The summed E-state index contributed by atoms with van der Waals surface area (Å²) in [6.07, 6.45) is 0.805. The van der Waals surface area contributed by atoms with Gasteiger partial charge in [-0.2, -0.15) is 0 Å². The second-order valence-corrected chi connectivity index (χ2v) is 5.68. The molecule has 3 aromatic rings. The van der Waals surface area contributed by atoms with Crippen molar-refractivity contribution < 1.29 is 19.1 Å². The molecule has 2 aromatic carbocycles. The first-order valence-corrected chi connectivity index (χ1v) is 8.10.